The molecule has 0 amide bonds. The van der Waals surface area contributed by atoms with E-state index in [1.807, 2.05) is 0 Å². The smallest absolute Gasteiger partial charge is 0.324 e. The molecule has 18 heavy (non-hydrogen) atoms. The van der Waals surface area contributed by atoms with Crippen LogP contribution in [-0.2, 0) is 6.18 Å². The second-order valence-corrected chi connectivity index (χ2v) is 4.00. The predicted molar refractivity (Wildman–Crippen MR) is 65.0 cm³/mol. The number of nitrogens with two attached hydrogens (primary N) is 1. The van der Waals surface area contributed by atoms with Crippen LogP contribution in [0.2, 0.25) is 0 Å². The summed E-state index contributed by atoms with van der Waals surface area (Å²) in [6.45, 7) is 5.28. The van der Waals surface area contributed by atoms with Crippen molar-refractivity contribution in [3.05, 3.63) is 47.3 Å². The van der Waals surface area contributed by atoms with Gasteiger partial charge < -0.3 is 5.73 Å². The second-order valence-electron chi connectivity index (χ2n) is 4.00. The Bertz CT molecular complexity index is 429. The van der Waals surface area contributed by atoms with Gasteiger partial charge in [0.25, 0.3) is 0 Å². The summed E-state index contributed by atoms with van der Waals surface area (Å²) in [7, 11) is 0. The molecule has 0 aliphatic rings. The van der Waals surface area contributed by atoms with Crippen LogP contribution < -0.4 is 5.73 Å². The summed E-state index contributed by atoms with van der Waals surface area (Å²) >= 11 is 0. The van der Waals surface area contributed by atoms with Crippen molar-refractivity contribution in [1.29, 1.82) is 0 Å². The van der Waals surface area contributed by atoms with Gasteiger partial charge in [-0.3, -0.25) is 0 Å². The maximum atomic E-state index is 13.4. The number of alkyl halides is 3. The third kappa shape index (κ3) is 4.31. The summed E-state index contributed by atoms with van der Waals surface area (Å²) in [5.74, 6) is -0.730. The zero-order valence-corrected chi connectivity index (χ0v) is 10.5. The Kier molecular flexibility index (Phi) is 5.83. The van der Waals surface area contributed by atoms with Crippen LogP contribution >= 0.6 is 12.4 Å². The highest BCUT2D eigenvalue weighted by molar-refractivity contribution is 5.85. The van der Waals surface area contributed by atoms with Crippen molar-refractivity contribution in [2.24, 2.45) is 5.73 Å². The number of benzene rings is 1. The molecule has 1 atom stereocenters. The molecule has 0 aliphatic heterocycles. The topological polar surface area (TPSA) is 26.0 Å². The Labute approximate surface area is 109 Å². The van der Waals surface area contributed by atoms with E-state index in [1.165, 1.54) is 0 Å². The van der Waals surface area contributed by atoms with Crippen molar-refractivity contribution < 1.29 is 17.6 Å². The first-order chi connectivity index (χ1) is 7.71. The summed E-state index contributed by atoms with van der Waals surface area (Å²) in [6, 6.07) is 1.43. The molecule has 0 fully saturated rings. The maximum Gasteiger partial charge on any atom is 0.416 e. The lowest BCUT2D eigenvalue weighted by Gasteiger charge is -2.15. The minimum absolute atomic E-state index is 0. The Morgan fingerprint density at radius 1 is 1.39 bits per heavy atom. The molecule has 0 saturated carbocycles. The lowest BCUT2D eigenvalue weighted by molar-refractivity contribution is -0.137. The molecule has 0 aromatic heterocycles. The zero-order valence-electron chi connectivity index (χ0n) is 9.72. The van der Waals surface area contributed by atoms with E-state index < -0.39 is 23.6 Å². The summed E-state index contributed by atoms with van der Waals surface area (Å²) in [4.78, 5) is 0. The lowest BCUT2D eigenvalue weighted by atomic mass is 9.98. The molecule has 6 heteroatoms. The summed E-state index contributed by atoms with van der Waals surface area (Å²) in [5, 5.41) is 0. The minimum atomic E-state index is -4.49. The fourth-order valence-corrected chi connectivity index (χ4v) is 1.49. The SMILES string of the molecule is C=C(C)C[C@H](N)c1cc(C(F)(F)F)ccc1F.Cl. The minimum Gasteiger partial charge on any atom is -0.324 e. The van der Waals surface area contributed by atoms with Gasteiger partial charge in [-0.05, 0) is 31.5 Å². The lowest BCUT2D eigenvalue weighted by Crippen LogP contribution is -2.14. The standard InChI is InChI=1S/C12H13F4N.ClH/c1-7(2)5-11(17)9-6-8(12(14,15)16)3-4-10(9)13;/h3-4,6,11H,1,5,17H2,2H3;1H/t11-;/m0./s1. The van der Waals surface area contributed by atoms with Gasteiger partial charge in [-0.15, -0.1) is 19.0 Å². The molecule has 0 bridgehead atoms. The van der Waals surface area contributed by atoms with Crippen molar-refractivity contribution in [2.75, 3.05) is 0 Å². The molecule has 0 saturated heterocycles. The molecule has 1 aromatic carbocycles. The second kappa shape index (κ2) is 6.20. The van der Waals surface area contributed by atoms with Crippen molar-refractivity contribution >= 4 is 12.4 Å². The first-order valence-electron chi connectivity index (χ1n) is 4.98. The summed E-state index contributed by atoms with van der Waals surface area (Å²) < 4.78 is 50.7. The van der Waals surface area contributed by atoms with Gasteiger partial charge in [0, 0.05) is 11.6 Å². The normalized spacial score (nSPS) is 12.8. The molecular formula is C12H14ClF4N. The first kappa shape index (κ1) is 16.9. The van der Waals surface area contributed by atoms with Gasteiger partial charge in [-0.25, -0.2) is 4.39 Å². The van der Waals surface area contributed by atoms with Crippen LogP contribution in [0.15, 0.2) is 30.4 Å². The molecular weight excluding hydrogens is 270 g/mol. The highest BCUT2D eigenvalue weighted by atomic mass is 35.5. The Morgan fingerprint density at radius 3 is 2.39 bits per heavy atom. The van der Waals surface area contributed by atoms with E-state index in [9.17, 15) is 17.6 Å². The molecule has 1 rings (SSSR count). The van der Waals surface area contributed by atoms with E-state index in [-0.39, 0.29) is 24.4 Å². The zero-order chi connectivity index (χ0) is 13.2. The fraction of sp³-hybridized carbons (Fsp3) is 0.333. The van der Waals surface area contributed by atoms with Gasteiger partial charge in [-0.2, -0.15) is 13.2 Å². The number of rotatable bonds is 3. The van der Waals surface area contributed by atoms with Crippen molar-refractivity contribution in [3.8, 4) is 0 Å². The van der Waals surface area contributed by atoms with Crippen molar-refractivity contribution in [2.45, 2.75) is 25.6 Å². The quantitative estimate of drug-likeness (QED) is 0.652. The monoisotopic (exact) mass is 283 g/mol. The van der Waals surface area contributed by atoms with Crippen molar-refractivity contribution in [1.82, 2.24) is 0 Å². The molecule has 0 heterocycles. The van der Waals surface area contributed by atoms with Gasteiger partial charge in [-0.1, -0.05) is 5.57 Å². The van der Waals surface area contributed by atoms with E-state index in [4.69, 9.17) is 5.73 Å². The predicted octanol–water partition coefficient (Wildman–Crippen LogP) is 4.23. The van der Waals surface area contributed by atoms with Crippen LogP contribution in [-0.4, -0.2) is 0 Å². The Balaban J connectivity index is 0.00000289. The van der Waals surface area contributed by atoms with Crippen LogP contribution in [0.1, 0.15) is 30.5 Å². The molecule has 1 nitrogen and oxygen atoms in total. The number of halogens is 5. The third-order valence-corrected chi connectivity index (χ3v) is 2.29. The van der Waals surface area contributed by atoms with Crippen LogP contribution in [0, 0.1) is 5.82 Å². The Morgan fingerprint density at radius 2 is 1.94 bits per heavy atom. The highest BCUT2D eigenvalue weighted by Crippen LogP contribution is 2.32. The average Bonchev–Trinajstić information content (AvgIpc) is 2.15. The van der Waals surface area contributed by atoms with E-state index in [1.54, 1.807) is 6.92 Å². The van der Waals surface area contributed by atoms with Gasteiger partial charge in [0.2, 0.25) is 0 Å². The van der Waals surface area contributed by atoms with Crippen molar-refractivity contribution in [3.63, 3.8) is 0 Å². The van der Waals surface area contributed by atoms with E-state index in [0.717, 1.165) is 12.1 Å². The first-order valence-corrected chi connectivity index (χ1v) is 4.98. The maximum absolute atomic E-state index is 13.4. The molecule has 1 aromatic rings. The summed E-state index contributed by atoms with van der Waals surface area (Å²) in [6.07, 6.45) is -4.25. The molecule has 102 valence electrons. The van der Waals surface area contributed by atoms with Gasteiger partial charge in [0.05, 0.1) is 5.56 Å². The largest absolute Gasteiger partial charge is 0.416 e. The highest BCUT2D eigenvalue weighted by Gasteiger charge is 2.31. The van der Waals surface area contributed by atoms with Crippen LogP contribution in [0.25, 0.3) is 0 Å². The average molecular weight is 284 g/mol. The third-order valence-electron chi connectivity index (χ3n) is 2.29. The molecule has 0 unspecified atom stereocenters. The van der Waals surface area contributed by atoms with Crippen LogP contribution in [0.4, 0.5) is 17.6 Å². The van der Waals surface area contributed by atoms with Crippen LogP contribution in [0.5, 0.6) is 0 Å². The molecule has 0 radical (unpaired) electrons. The summed E-state index contributed by atoms with van der Waals surface area (Å²) in [5.41, 5.74) is 5.30. The van der Waals surface area contributed by atoms with E-state index in [2.05, 4.69) is 6.58 Å². The number of hydrogen-bond acceptors (Lipinski definition) is 1. The van der Waals surface area contributed by atoms with Crippen LogP contribution in [0.3, 0.4) is 0 Å². The molecule has 0 aliphatic carbocycles. The van der Waals surface area contributed by atoms with E-state index >= 15 is 0 Å². The van der Waals surface area contributed by atoms with Gasteiger partial charge in [0.15, 0.2) is 0 Å². The van der Waals surface area contributed by atoms with E-state index in [0.29, 0.717) is 11.6 Å². The fourth-order valence-electron chi connectivity index (χ4n) is 1.49. The molecule has 2 N–H and O–H groups in total. The van der Waals surface area contributed by atoms with Gasteiger partial charge in [0.1, 0.15) is 5.82 Å². The molecule has 0 spiro atoms. The Hall–Kier alpha value is -1.07. The number of hydrogen-bond donors (Lipinski definition) is 1. The van der Waals surface area contributed by atoms with Gasteiger partial charge >= 0.3 is 6.18 Å².